The number of nitrogens with zero attached hydrogens (tertiary/aromatic N) is 1. The van der Waals surface area contributed by atoms with Crippen molar-refractivity contribution in [2.45, 2.75) is 26.3 Å². The number of ether oxygens (including phenoxy) is 1. The standard InChI is InChI=1S/C21H20FNO3/c1-13-10-17(24)16(12-23-8-2-3-9-23)21-19(13)20(25)18(26-21)11-14-4-6-15(22)7-5-14/h4-7,10-11,24H,2-3,8-9,12H2,1H3/b18-11-. The number of hydrogen-bond donors (Lipinski definition) is 1. The summed E-state index contributed by atoms with van der Waals surface area (Å²) in [6.45, 7) is 4.31. The van der Waals surface area contributed by atoms with Crippen LogP contribution >= 0.6 is 0 Å². The number of carbonyl (C=O) groups excluding carboxylic acids is 1. The van der Waals surface area contributed by atoms with E-state index in [-0.39, 0.29) is 23.1 Å². The average Bonchev–Trinajstić information content (AvgIpc) is 3.22. The van der Waals surface area contributed by atoms with Gasteiger partial charge in [0.15, 0.2) is 5.76 Å². The van der Waals surface area contributed by atoms with Crippen molar-refractivity contribution >= 4 is 11.9 Å². The smallest absolute Gasteiger partial charge is 0.232 e. The van der Waals surface area contributed by atoms with Gasteiger partial charge in [0.25, 0.3) is 0 Å². The van der Waals surface area contributed by atoms with Crippen molar-refractivity contribution in [3.63, 3.8) is 0 Å². The molecule has 26 heavy (non-hydrogen) atoms. The predicted octanol–water partition coefficient (Wildman–Crippen LogP) is 4.05. The Kier molecular flexibility index (Phi) is 4.24. The van der Waals surface area contributed by atoms with Gasteiger partial charge in [0.1, 0.15) is 17.3 Å². The van der Waals surface area contributed by atoms with Crippen molar-refractivity contribution < 1.29 is 19.0 Å². The van der Waals surface area contributed by atoms with E-state index in [9.17, 15) is 14.3 Å². The highest BCUT2D eigenvalue weighted by molar-refractivity contribution is 6.15. The topological polar surface area (TPSA) is 49.8 Å². The number of rotatable bonds is 3. The number of Topliss-reactive ketones (excluding diaryl/α,β-unsaturated/α-hetero) is 1. The largest absolute Gasteiger partial charge is 0.507 e. The first-order valence-corrected chi connectivity index (χ1v) is 8.80. The number of carbonyl (C=O) groups is 1. The highest BCUT2D eigenvalue weighted by Gasteiger charge is 2.33. The molecule has 2 heterocycles. The molecule has 0 aliphatic carbocycles. The average molecular weight is 353 g/mol. The van der Waals surface area contributed by atoms with Crippen LogP contribution in [0.1, 0.15) is 39.9 Å². The van der Waals surface area contributed by atoms with E-state index in [1.54, 1.807) is 31.2 Å². The lowest BCUT2D eigenvalue weighted by atomic mass is 9.99. The Hall–Kier alpha value is -2.66. The quantitative estimate of drug-likeness (QED) is 0.846. The third-order valence-corrected chi connectivity index (χ3v) is 4.97. The molecule has 2 aliphatic rings. The van der Waals surface area contributed by atoms with Crippen molar-refractivity contribution in [2.75, 3.05) is 13.1 Å². The van der Waals surface area contributed by atoms with Gasteiger partial charge in [-0.3, -0.25) is 9.69 Å². The van der Waals surface area contributed by atoms with Crippen LogP contribution in [0.4, 0.5) is 4.39 Å². The maximum Gasteiger partial charge on any atom is 0.232 e. The molecule has 4 nitrogen and oxygen atoms in total. The fourth-order valence-electron chi connectivity index (χ4n) is 3.61. The molecule has 0 unspecified atom stereocenters. The number of likely N-dealkylation sites (tertiary alicyclic amines) is 1. The maximum absolute atomic E-state index is 13.1. The second-order valence-corrected chi connectivity index (χ2v) is 6.87. The van der Waals surface area contributed by atoms with E-state index in [4.69, 9.17) is 4.74 Å². The number of phenols is 1. The van der Waals surface area contributed by atoms with Gasteiger partial charge in [-0.05, 0) is 68.3 Å². The zero-order chi connectivity index (χ0) is 18.3. The van der Waals surface area contributed by atoms with Crippen molar-refractivity contribution in [2.24, 2.45) is 0 Å². The third kappa shape index (κ3) is 2.99. The fourth-order valence-corrected chi connectivity index (χ4v) is 3.61. The highest BCUT2D eigenvalue weighted by Crippen LogP contribution is 2.42. The second-order valence-electron chi connectivity index (χ2n) is 6.87. The molecule has 0 radical (unpaired) electrons. The van der Waals surface area contributed by atoms with Gasteiger partial charge in [0.05, 0.1) is 11.1 Å². The van der Waals surface area contributed by atoms with Crippen LogP contribution in [0.2, 0.25) is 0 Å². The summed E-state index contributed by atoms with van der Waals surface area (Å²) in [4.78, 5) is 15.1. The molecule has 0 amide bonds. The molecule has 5 heteroatoms. The van der Waals surface area contributed by atoms with Gasteiger partial charge >= 0.3 is 0 Å². The number of halogens is 1. The first-order chi connectivity index (χ1) is 12.5. The summed E-state index contributed by atoms with van der Waals surface area (Å²) >= 11 is 0. The minimum absolute atomic E-state index is 0.156. The molecule has 1 saturated heterocycles. The zero-order valence-electron chi connectivity index (χ0n) is 14.6. The van der Waals surface area contributed by atoms with Crippen molar-refractivity contribution in [1.29, 1.82) is 0 Å². The van der Waals surface area contributed by atoms with E-state index in [2.05, 4.69) is 4.90 Å². The van der Waals surface area contributed by atoms with E-state index in [0.29, 0.717) is 34.5 Å². The Morgan fingerprint density at radius 3 is 2.62 bits per heavy atom. The Morgan fingerprint density at radius 2 is 1.92 bits per heavy atom. The first kappa shape index (κ1) is 16.8. The molecule has 1 fully saturated rings. The Labute approximate surface area is 151 Å². The minimum Gasteiger partial charge on any atom is -0.507 e. The van der Waals surface area contributed by atoms with Crippen LogP contribution in [-0.4, -0.2) is 28.9 Å². The van der Waals surface area contributed by atoms with Gasteiger partial charge in [0, 0.05) is 6.54 Å². The van der Waals surface area contributed by atoms with E-state index >= 15 is 0 Å². The Balaban J connectivity index is 1.72. The van der Waals surface area contributed by atoms with Gasteiger partial charge in [-0.15, -0.1) is 0 Å². The monoisotopic (exact) mass is 353 g/mol. The van der Waals surface area contributed by atoms with Gasteiger partial charge in [-0.2, -0.15) is 0 Å². The highest BCUT2D eigenvalue weighted by atomic mass is 19.1. The number of benzene rings is 2. The lowest BCUT2D eigenvalue weighted by Gasteiger charge is -2.18. The third-order valence-electron chi connectivity index (χ3n) is 4.97. The molecule has 2 aromatic carbocycles. The summed E-state index contributed by atoms with van der Waals surface area (Å²) in [5, 5.41) is 10.4. The number of allylic oxidation sites excluding steroid dienone is 1. The lowest BCUT2D eigenvalue weighted by molar-refractivity contribution is 0.101. The molecular weight excluding hydrogens is 333 g/mol. The van der Waals surface area contributed by atoms with Gasteiger partial charge < -0.3 is 9.84 Å². The molecule has 0 spiro atoms. The molecule has 134 valence electrons. The first-order valence-electron chi connectivity index (χ1n) is 8.80. The summed E-state index contributed by atoms with van der Waals surface area (Å²) in [6, 6.07) is 7.50. The molecule has 0 saturated carbocycles. The van der Waals surface area contributed by atoms with Crippen molar-refractivity contribution in [3.8, 4) is 11.5 Å². The summed E-state index contributed by atoms with van der Waals surface area (Å²) in [5.74, 6) is 0.270. The molecule has 4 rings (SSSR count). The lowest BCUT2D eigenvalue weighted by Crippen LogP contribution is -2.19. The summed E-state index contributed by atoms with van der Waals surface area (Å²) in [7, 11) is 0. The van der Waals surface area contributed by atoms with E-state index in [0.717, 1.165) is 25.9 Å². The maximum atomic E-state index is 13.1. The number of phenolic OH excluding ortho intramolecular Hbond substituents is 1. The Morgan fingerprint density at radius 1 is 1.23 bits per heavy atom. The Bertz CT molecular complexity index is 896. The van der Waals surface area contributed by atoms with E-state index in [1.165, 1.54) is 12.1 Å². The number of fused-ring (bicyclic) bond motifs is 1. The molecule has 2 aromatic rings. The molecule has 1 N–H and O–H groups in total. The van der Waals surface area contributed by atoms with Gasteiger partial charge in [-0.25, -0.2) is 4.39 Å². The second kappa shape index (κ2) is 6.57. The van der Waals surface area contributed by atoms with Crippen LogP contribution in [0.3, 0.4) is 0 Å². The van der Waals surface area contributed by atoms with E-state index < -0.39 is 0 Å². The number of aryl methyl sites for hydroxylation is 1. The van der Waals surface area contributed by atoms with Gasteiger partial charge in [0.2, 0.25) is 5.78 Å². The number of aromatic hydroxyl groups is 1. The summed E-state index contributed by atoms with van der Waals surface area (Å²) in [6.07, 6.45) is 3.90. The molecule has 0 aromatic heterocycles. The molecule has 0 atom stereocenters. The van der Waals surface area contributed by atoms with Crippen molar-refractivity contribution in [3.05, 3.63) is 64.2 Å². The SMILES string of the molecule is Cc1cc(O)c(CN2CCCC2)c2c1C(=O)/C(=C/c1ccc(F)cc1)O2. The number of hydrogen-bond acceptors (Lipinski definition) is 4. The molecular formula is C21H20FNO3. The molecule has 0 bridgehead atoms. The predicted molar refractivity (Wildman–Crippen MR) is 96.7 cm³/mol. The summed E-state index contributed by atoms with van der Waals surface area (Å²) in [5.41, 5.74) is 2.54. The van der Waals surface area contributed by atoms with Crippen LogP contribution in [0, 0.1) is 12.7 Å². The molecule has 2 aliphatic heterocycles. The van der Waals surface area contributed by atoms with Crippen LogP contribution in [0.25, 0.3) is 6.08 Å². The van der Waals surface area contributed by atoms with E-state index in [1.807, 2.05) is 0 Å². The van der Waals surface area contributed by atoms with Gasteiger partial charge in [-0.1, -0.05) is 12.1 Å². The minimum atomic E-state index is -0.331. The number of ketones is 1. The summed E-state index contributed by atoms with van der Waals surface area (Å²) < 4.78 is 19.0. The zero-order valence-corrected chi connectivity index (χ0v) is 14.6. The normalized spacial score (nSPS) is 18.4. The van der Waals surface area contributed by atoms with Crippen LogP contribution in [0.5, 0.6) is 11.5 Å². The van der Waals surface area contributed by atoms with Crippen LogP contribution in [-0.2, 0) is 6.54 Å². The van der Waals surface area contributed by atoms with Crippen LogP contribution < -0.4 is 4.74 Å². The van der Waals surface area contributed by atoms with Crippen LogP contribution in [0.15, 0.2) is 36.1 Å². The fraction of sp³-hybridized carbons (Fsp3) is 0.286. The van der Waals surface area contributed by atoms with Crippen molar-refractivity contribution in [1.82, 2.24) is 4.90 Å².